The minimum Gasteiger partial charge on any atom is -0.377 e. The van der Waals surface area contributed by atoms with Gasteiger partial charge in [0, 0.05) is 60.4 Å². The van der Waals surface area contributed by atoms with Gasteiger partial charge >= 0.3 is 17.6 Å². The summed E-state index contributed by atoms with van der Waals surface area (Å²) >= 11 is 0. The van der Waals surface area contributed by atoms with Gasteiger partial charge in [0.1, 0.15) is 0 Å². The van der Waals surface area contributed by atoms with E-state index in [4.69, 9.17) is 26.6 Å². The van der Waals surface area contributed by atoms with E-state index in [1.165, 1.54) is 0 Å². The Labute approximate surface area is 176 Å². The summed E-state index contributed by atoms with van der Waals surface area (Å²) in [4.78, 5) is 10.9. The zero-order chi connectivity index (χ0) is 21.8. The topological polar surface area (TPSA) is 84.5 Å². The first-order valence-electron chi connectivity index (χ1n) is 9.59. The number of hydrogen-bond acceptors (Lipinski definition) is 7. The number of nitrogens with one attached hydrogen (secondary N) is 1. The van der Waals surface area contributed by atoms with Crippen LogP contribution in [-0.4, -0.2) is 66.7 Å². The number of anilines is 1. The molecule has 0 atom stereocenters. The van der Waals surface area contributed by atoms with Gasteiger partial charge in [-0.2, -0.15) is 0 Å². The van der Waals surface area contributed by atoms with Crippen molar-refractivity contribution >= 4 is 29.7 Å². The van der Waals surface area contributed by atoms with Gasteiger partial charge in [-0.15, -0.1) is 0 Å². The van der Waals surface area contributed by atoms with Gasteiger partial charge in [-0.3, -0.25) is 4.79 Å². The van der Waals surface area contributed by atoms with Crippen LogP contribution in [-0.2, 0) is 44.2 Å². The van der Waals surface area contributed by atoms with Crippen LogP contribution in [0.15, 0.2) is 18.2 Å². The van der Waals surface area contributed by atoms with Gasteiger partial charge in [-0.1, -0.05) is 6.07 Å². The Morgan fingerprint density at radius 2 is 1.10 bits per heavy atom. The van der Waals surface area contributed by atoms with Gasteiger partial charge in [-0.25, -0.2) is 0 Å². The molecule has 1 aromatic carbocycles. The van der Waals surface area contributed by atoms with Gasteiger partial charge in [0.2, 0.25) is 6.41 Å². The van der Waals surface area contributed by atoms with E-state index >= 15 is 0 Å². The molecule has 0 aliphatic heterocycles. The van der Waals surface area contributed by atoms with Crippen LogP contribution < -0.4 is 5.32 Å². The van der Waals surface area contributed by atoms with Gasteiger partial charge in [0.15, 0.2) is 0 Å². The van der Waals surface area contributed by atoms with E-state index in [-0.39, 0.29) is 0 Å². The van der Waals surface area contributed by atoms with Crippen LogP contribution in [0.1, 0.15) is 24.0 Å². The minimum atomic E-state index is -2.58. The maximum absolute atomic E-state index is 10.9. The normalized spacial score (nSPS) is 12.2. The van der Waals surface area contributed by atoms with E-state index in [1.54, 1.807) is 42.7 Å². The Hall–Kier alpha value is -1.12. The first-order valence-corrected chi connectivity index (χ1v) is 13.5. The molecule has 29 heavy (non-hydrogen) atoms. The van der Waals surface area contributed by atoms with Crippen molar-refractivity contribution in [3.63, 3.8) is 0 Å². The lowest BCUT2D eigenvalue weighted by Crippen LogP contribution is -2.42. The Morgan fingerprint density at radius 1 is 0.724 bits per heavy atom. The summed E-state index contributed by atoms with van der Waals surface area (Å²) in [5.41, 5.74) is 3.08. The molecule has 0 aliphatic carbocycles. The molecule has 1 amide bonds. The van der Waals surface area contributed by atoms with E-state index in [0.717, 1.165) is 54.6 Å². The number of carbonyl (C=O) groups is 1. The predicted molar refractivity (Wildman–Crippen MR) is 116 cm³/mol. The Kier molecular flexibility index (Phi) is 11.8. The Bertz CT molecular complexity index is 549. The van der Waals surface area contributed by atoms with E-state index in [0.29, 0.717) is 6.41 Å². The van der Waals surface area contributed by atoms with E-state index < -0.39 is 17.6 Å². The third-order valence-electron chi connectivity index (χ3n) is 5.04. The summed E-state index contributed by atoms with van der Waals surface area (Å²) in [7, 11) is 4.57. The highest BCUT2D eigenvalue weighted by Gasteiger charge is 2.37. The van der Waals surface area contributed by atoms with E-state index in [9.17, 15) is 4.79 Å². The molecular formula is C19H35NO7Si2. The average molecular weight is 446 g/mol. The van der Waals surface area contributed by atoms with Gasteiger partial charge < -0.3 is 31.9 Å². The first kappa shape index (κ1) is 25.9. The molecule has 0 aromatic heterocycles. The SMILES string of the molecule is CO[Si](CCCc1cc(CCC[Si](OC)(OC)OC)cc(NC=O)c1)(OC)OC. The number of hydrogen-bond donors (Lipinski definition) is 1. The number of benzene rings is 1. The van der Waals surface area contributed by atoms with Crippen LogP contribution in [0, 0.1) is 0 Å². The Morgan fingerprint density at radius 3 is 1.41 bits per heavy atom. The smallest absolute Gasteiger partial charge is 0.377 e. The maximum Gasteiger partial charge on any atom is 0.500 e. The highest BCUT2D eigenvalue weighted by Crippen LogP contribution is 2.23. The fourth-order valence-corrected chi connectivity index (χ4v) is 6.78. The number of carbonyl (C=O) groups excluding carboxylic acids is 1. The molecule has 0 aliphatic rings. The van der Waals surface area contributed by atoms with Crippen molar-refractivity contribution in [2.45, 2.75) is 37.8 Å². The summed E-state index contributed by atoms with van der Waals surface area (Å²) in [6.45, 7) is 0. The third kappa shape index (κ3) is 7.91. The van der Waals surface area contributed by atoms with Crippen LogP contribution in [0.2, 0.25) is 12.1 Å². The molecule has 1 rings (SSSR count). The molecule has 0 heterocycles. The van der Waals surface area contributed by atoms with Crippen molar-refractivity contribution in [3.8, 4) is 0 Å². The molecule has 0 saturated heterocycles. The molecule has 0 fully saturated rings. The van der Waals surface area contributed by atoms with Crippen LogP contribution in [0.25, 0.3) is 0 Å². The lowest BCUT2D eigenvalue weighted by atomic mass is 10.0. The fraction of sp³-hybridized carbons (Fsp3) is 0.632. The maximum atomic E-state index is 10.9. The van der Waals surface area contributed by atoms with Crippen molar-refractivity contribution in [2.75, 3.05) is 48.0 Å². The predicted octanol–water partition coefficient (Wildman–Crippen LogP) is 2.88. The summed E-state index contributed by atoms with van der Waals surface area (Å²) in [6.07, 6.45) is 4.08. The van der Waals surface area contributed by atoms with Gasteiger partial charge in [0.05, 0.1) is 0 Å². The van der Waals surface area contributed by atoms with Crippen LogP contribution in [0.3, 0.4) is 0 Å². The first-order chi connectivity index (χ1) is 14.0. The van der Waals surface area contributed by atoms with Crippen molar-refractivity contribution in [1.82, 2.24) is 0 Å². The second-order valence-electron chi connectivity index (χ2n) is 6.60. The van der Waals surface area contributed by atoms with Crippen molar-refractivity contribution in [1.29, 1.82) is 0 Å². The lowest BCUT2D eigenvalue weighted by Gasteiger charge is -2.24. The highest BCUT2D eigenvalue weighted by molar-refractivity contribution is 6.60. The quantitative estimate of drug-likeness (QED) is 0.309. The molecule has 10 heteroatoms. The molecule has 0 unspecified atom stereocenters. The zero-order valence-corrected chi connectivity index (χ0v) is 20.4. The summed E-state index contributed by atoms with van der Waals surface area (Å²) in [5.74, 6) is 0. The standard InChI is InChI=1S/C19H35NO7Si2/c1-22-28(23-2,24-3)11-7-9-17-13-18(15-19(14-17)20-16-21)10-8-12-29(25-4,26-5)27-6/h13-16H,7-12H2,1-6H3,(H,20,21). The van der Waals surface area contributed by atoms with E-state index in [2.05, 4.69) is 11.4 Å². The second-order valence-corrected chi connectivity index (χ2v) is 12.8. The molecular weight excluding hydrogens is 410 g/mol. The van der Waals surface area contributed by atoms with Crippen LogP contribution >= 0.6 is 0 Å². The minimum absolute atomic E-state index is 0.695. The largest absolute Gasteiger partial charge is 0.500 e. The second kappa shape index (κ2) is 13.2. The Balaban J connectivity index is 2.79. The summed E-state index contributed by atoms with van der Waals surface area (Å²) in [5, 5.41) is 2.76. The number of amides is 1. The molecule has 0 bridgehead atoms. The summed E-state index contributed by atoms with van der Waals surface area (Å²) < 4.78 is 32.9. The lowest BCUT2D eigenvalue weighted by molar-refractivity contribution is -0.105. The van der Waals surface area contributed by atoms with Crippen molar-refractivity contribution in [3.05, 3.63) is 29.3 Å². The van der Waals surface area contributed by atoms with Crippen molar-refractivity contribution in [2.24, 2.45) is 0 Å². The molecule has 1 aromatic rings. The van der Waals surface area contributed by atoms with Crippen LogP contribution in [0.4, 0.5) is 5.69 Å². The number of rotatable bonds is 16. The van der Waals surface area contributed by atoms with Gasteiger partial charge in [0.25, 0.3) is 0 Å². The number of aryl methyl sites for hydroxylation is 2. The molecule has 1 N–H and O–H groups in total. The van der Waals surface area contributed by atoms with Gasteiger partial charge in [-0.05, 0) is 48.9 Å². The zero-order valence-electron chi connectivity index (χ0n) is 18.4. The summed E-state index contributed by atoms with van der Waals surface area (Å²) in [6, 6.07) is 7.60. The third-order valence-corrected chi connectivity index (χ3v) is 10.7. The molecule has 0 saturated carbocycles. The monoisotopic (exact) mass is 445 g/mol. The van der Waals surface area contributed by atoms with Crippen molar-refractivity contribution < 1.29 is 31.4 Å². The fourth-order valence-electron chi connectivity index (χ4n) is 3.33. The molecule has 0 radical (unpaired) electrons. The van der Waals surface area contributed by atoms with E-state index in [1.807, 2.05) is 12.1 Å². The molecule has 8 nitrogen and oxygen atoms in total. The average Bonchev–Trinajstić information content (AvgIpc) is 2.75. The highest BCUT2D eigenvalue weighted by atomic mass is 28.4. The molecule has 166 valence electrons. The molecule has 0 spiro atoms. The van der Waals surface area contributed by atoms with Crippen LogP contribution in [0.5, 0.6) is 0 Å².